The zero-order valence-corrected chi connectivity index (χ0v) is 15.3. The van der Waals surface area contributed by atoms with Gasteiger partial charge in [-0.3, -0.25) is 0 Å². The molecule has 0 atom stereocenters. The molecule has 1 nitrogen and oxygen atoms in total. The van der Waals surface area contributed by atoms with Gasteiger partial charge in [0.25, 0.3) is 0 Å². The minimum absolute atomic E-state index is 0.0774. The molecule has 0 amide bonds. The summed E-state index contributed by atoms with van der Waals surface area (Å²) in [7, 11) is 1.22. The minimum atomic E-state index is -1.07. The van der Waals surface area contributed by atoms with Crippen LogP contribution in [0.1, 0.15) is 76.2 Å². The van der Waals surface area contributed by atoms with Crippen LogP contribution in [0.3, 0.4) is 0 Å². The number of halogens is 3. The Morgan fingerprint density at radius 1 is 0.880 bits per heavy atom. The summed E-state index contributed by atoms with van der Waals surface area (Å²) in [6, 6.07) is 0.978. The molecule has 2 aliphatic rings. The molecule has 1 aromatic rings. The molecular formula is C21H29F3O. The fourth-order valence-corrected chi connectivity index (χ4v) is 5.06. The summed E-state index contributed by atoms with van der Waals surface area (Å²) in [5, 5.41) is 0. The monoisotopic (exact) mass is 354 g/mol. The van der Waals surface area contributed by atoms with Crippen molar-refractivity contribution in [2.24, 2.45) is 17.8 Å². The van der Waals surface area contributed by atoms with Crippen LogP contribution in [0.4, 0.5) is 13.2 Å². The van der Waals surface area contributed by atoms with Gasteiger partial charge in [0.05, 0.1) is 7.11 Å². The Labute approximate surface area is 149 Å². The Morgan fingerprint density at radius 2 is 1.44 bits per heavy atom. The molecule has 140 valence electrons. The topological polar surface area (TPSA) is 9.23 Å². The highest BCUT2D eigenvalue weighted by Gasteiger charge is 2.33. The van der Waals surface area contributed by atoms with Gasteiger partial charge in [-0.15, -0.1) is 0 Å². The van der Waals surface area contributed by atoms with Gasteiger partial charge in [-0.25, -0.2) is 8.78 Å². The van der Waals surface area contributed by atoms with Gasteiger partial charge in [-0.05, 0) is 62.2 Å². The van der Waals surface area contributed by atoms with Crippen molar-refractivity contribution in [2.75, 3.05) is 7.11 Å². The molecule has 0 N–H and O–H groups in total. The van der Waals surface area contributed by atoms with E-state index in [1.165, 1.54) is 39.2 Å². The Bertz CT molecular complexity index is 585. The highest BCUT2D eigenvalue weighted by atomic mass is 19.2. The SMILES string of the molecule is CC[C@H]1CC[C@H]([C@H]2CC[C@H](c3c(F)cc(OC)c(F)c3F)CC2)CC1. The third kappa shape index (κ3) is 3.83. The number of rotatable bonds is 4. The number of methoxy groups -OCH3 is 1. The lowest BCUT2D eigenvalue weighted by Crippen LogP contribution is -2.25. The number of hydrogen-bond acceptors (Lipinski definition) is 1. The van der Waals surface area contributed by atoms with Gasteiger partial charge in [0, 0.05) is 11.6 Å². The average molecular weight is 354 g/mol. The molecule has 0 radical (unpaired) electrons. The highest BCUT2D eigenvalue weighted by Crippen LogP contribution is 2.45. The van der Waals surface area contributed by atoms with Crippen LogP contribution in [0.15, 0.2) is 6.07 Å². The molecule has 3 rings (SSSR count). The summed E-state index contributed by atoms with van der Waals surface area (Å²) >= 11 is 0. The molecule has 0 unspecified atom stereocenters. The molecule has 0 spiro atoms. The summed E-state index contributed by atoms with van der Waals surface area (Å²) in [5.74, 6) is -1.07. The predicted octanol–water partition coefficient (Wildman–Crippen LogP) is 6.60. The van der Waals surface area contributed by atoms with Crippen molar-refractivity contribution in [3.05, 3.63) is 29.1 Å². The standard InChI is InChI=1S/C21H29F3O/c1-3-13-4-6-14(7-5-13)15-8-10-16(11-9-15)19-17(22)12-18(25-2)20(23)21(19)24/h12-16H,3-11H2,1-2H3/t13-,14-,15-,16-. The van der Waals surface area contributed by atoms with Crippen LogP contribution >= 0.6 is 0 Å². The number of benzene rings is 1. The molecule has 1 aromatic carbocycles. The molecule has 25 heavy (non-hydrogen) atoms. The smallest absolute Gasteiger partial charge is 0.201 e. The third-order valence-electron chi connectivity index (χ3n) is 6.70. The van der Waals surface area contributed by atoms with Gasteiger partial charge >= 0.3 is 0 Å². The lowest BCUT2D eigenvalue weighted by molar-refractivity contribution is 0.157. The minimum Gasteiger partial charge on any atom is -0.493 e. The molecule has 4 heteroatoms. The van der Waals surface area contributed by atoms with Crippen LogP contribution in [0.25, 0.3) is 0 Å². The van der Waals surface area contributed by atoms with E-state index in [2.05, 4.69) is 6.92 Å². The molecule has 2 aliphatic carbocycles. The van der Waals surface area contributed by atoms with E-state index in [-0.39, 0.29) is 17.2 Å². The van der Waals surface area contributed by atoms with E-state index in [0.29, 0.717) is 5.92 Å². The first-order valence-electron chi connectivity index (χ1n) is 9.76. The van der Waals surface area contributed by atoms with E-state index in [1.54, 1.807) is 0 Å². The third-order valence-corrected chi connectivity index (χ3v) is 6.70. The Morgan fingerprint density at radius 3 is 1.96 bits per heavy atom. The van der Waals surface area contributed by atoms with E-state index < -0.39 is 17.5 Å². The van der Waals surface area contributed by atoms with Crippen molar-refractivity contribution in [1.82, 2.24) is 0 Å². The Balaban J connectivity index is 1.64. The second-order valence-electron chi connectivity index (χ2n) is 7.90. The van der Waals surface area contributed by atoms with Crippen molar-refractivity contribution in [1.29, 1.82) is 0 Å². The summed E-state index contributed by atoms with van der Waals surface area (Å²) in [4.78, 5) is 0. The molecule has 0 aliphatic heterocycles. The van der Waals surface area contributed by atoms with Crippen LogP contribution in [0, 0.1) is 35.2 Å². The van der Waals surface area contributed by atoms with Gasteiger partial charge in [-0.2, -0.15) is 4.39 Å². The zero-order valence-electron chi connectivity index (χ0n) is 15.3. The Hall–Kier alpha value is -1.19. The summed E-state index contributed by atoms with van der Waals surface area (Å²) in [6.07, 6.45) is 10.0. The second kappa shape index (κ2) is 8.01. The largest absolute Gasteiger partial charge is 0.493 e. The maximum Gasteiger partial charge on any atom is 0.201 e. The van der Waals surface area contributed by atoms with Crippen molar-refractivity contribution in [3.8, 4) is 5.75 Å². The van der Waals surface area contributed by atoms with Crippen LogP contribution in [-0.2, 0) is 0 Å². The summed E-state index contributed by atoms with van der Waals surface area (Å²) in [6.45, 7) is 2.27. The van der Waals surface area contributed by atoms with E-state index in [9.17, 15) is 13.2 Å². The number of hydrogen-bond donors (Lipinski definition) is 0. The molecule has 2 fully saturated rings. The molecule has 2 saturated carbocycles. The van der Waals surface area contributed by atoms with Crippen molar-refractivity contribution < 1.29 is 17.9 Å². The molecule has 0 bridgehead atoms. The molecule has 0 saturated heterocycles. The molecular weight excluding hydrogens is 325 g/mol. The van der Waals surface area contributed by atoms with Gasteiger partial charge in [-0.1, -0.05) is 26.2 Å². The van der Waals surface area contributed by atoms with Crippen molar-refractivity contribution in [3.63, 3.8) is 0 Å². The summed E-state index contributed by atoms with van der Waals surface area (Å²) < 4.78 is 47.3. The van der Waals surface area contributed by atoms with Gasteiger partial charge in [0.1, 0.15) is 5.82 Å². The lowest BCUT2D eigenvalue weighted by atomic mass is 9.68. The van der Waals surface area contributed by atoms with Crippen molar-refractivity contribution >= 4 is 0 Å². The van der Waals surface area contributed by atoms with Crippen LogP contribution < -0.4 is 4.74 Å². The van der Waals surface area contributed by atoms with E-state index in [0.717, 1.165) is 43.6 Å². The van der Waals surface area contributed by atoms with E-state index in [4.69, 9.17) is 4.74 Å². The fraction of sp³-hybridized carbons (Fsp3) is 0.714. The quantitative estimate of drug-likeness (QED) is 0.553. The Kier molecular flexibility index (Phi) is 5.96. The van der Waals surface area contributed by atoms with E-state index >= 15 is 0 Å². The van der Waals surface area contributed by atoms with Crippen molar-refractivity contribution in [2.45, 2.75) is 70.6 Å². The maximum atomic E-state index is 14.3. The maximum absolute atomic E-state index is 14.3. The van der Waals surface area contributed by atoms with Crippen LogP contribution in [-0.4, -0.2) is 7.11 Å². The normalized spacial score (nSPS) is 30.3. The number of ether oxygens (including phenoxy) is 1. The molecule has 0 heterocycles. The molecule has 0 aromatic heterocycles. The van der Waals surface area contributed by atoms with Crippen LogP contribution in [0.5, 0.6) is 5.75 Å². The second-order valence-corrected chi connectivity index (χ2v) is 7.90. The highest BCUT2D eigenvalue weighted by molar-refractivity contribution is 5.34. The van der Waals surface area contributed by atoms with Gasteiger partial charge in [0.2, 0.25) is 5.82 Å². The zero-order chi connectivity index (χ0) is 18.0. The predicted molar refractivity (Wildman–Crippen MR) is 93.3 cm³/mol. The van der Waals surface area contributed by atoms with Gasteiger partial charge in [0.15, 0.2) is 11.6 Å². The first kappa shape index (κ1) is 18.6. The lowest BCUT2D eigenvalue weighted by Gasteiger charge is -2.38. The first-order valence-corrected chi connectivity index (χ1v) is 9.76. The first-order chi connectivity index (χ1) is 12.0. The average Bonchev–Trinajstić information content (AvgIpc) is 2.65. The summed E-state index contributed by atoms with van der Waals surface area (Å²) in [5.41, 5.74) is -0.0774. The fourth-order valence-electron chi connectivity index (χ4n) is 5.06. The van der Waals surface area contributed by atoms with E-state index in [1.807, 2.05) is 0 Å². The van der Waals surface area contributed by atoms with Gasteiger partial charge < -0.3 is 4.74 Å². The van der Waals surface area contributed by atoms with Crippen LogP contribution in [0.2, 0.25) is 0 Å².